The van der Waals surface area contributed by atoms with Crippen LogP contribution in [0.5, 0.6) is 0 Å². The van der Waals surface area contributed by atoms with Crippen molar-refractivity contribution in [3.8, 4) is 0 Å². The van der Waals surface area contributed by atoms with Crippen LogP contribution in [0.25, 0.3) is 0 Å². The number of hydrogen-bond acceptors (Lipinski definition) is 3. The van der Waals surface area contributed by atoms with Crippen molar-refractivity contribution >= 4 is 11.8 Å². The molecule has 20 heavy (non-hydrogen) atoms. The first-order valence-corrected chi connectivity index (χ1v) is 7.01. The zero-order valence-corrected chi connectivity index (χ0v) is 11.8. The number of hydrogen-bond donors (Lipinski definition) is 2. The molecular weight excluding hydrogens is 254 g/mol. The van der Waals surface area contributed by atoms with Crippen LogP contribution >= 0.6 is 0 Å². The Hall–Kier alpha value is -1.88. The highest BCUT2D eigenvalue weighted by Gasteiger charge is 2.22. The molecule has 2 amide bonds. The summed E-state index contributed by atoms with van der Waals surface area (Å²) in [6.45, 7) is 5.26. The quantitative estimate of drug-likeness (QED) is 0.770. The van der Waals surface area contributed by atoms with Crippen LogP contribution in [0.2, 0.25) is 0 Å². The zero-order chi connectivity index (χ0) is 14.4. The summed E-state index contributed by atoms with van der Waals surface area (Å²) in [5.41, 5.74) is 2.14. The van der Waals surface area contributed by atoms with Crippen molar-refractivity contribution in [3.63, 3.8) is 0 Å². The second kappa shape index (κ2) is 7.05. The lowest BCUT2D eigenvalue weighted by molar-refractivity contribution is -0.145. The molecular formula is C15H21N3O2. The summed E-state index contributed by atoms with van der Waals surface area (Å²) < 4.78 is 0. The van der Waals surface area contributed by atoms with Crippen molar-refractivity contribution in [1.29, 1.82) is 0 Å². The van der Waals surface area contributed by atoms with Gasteiger partial charge in [0.25, 0.3) is 0 Å². The Morgan fingerprint density at radius 1 is 1.25 bits per heavy atom. The smallest absolute Gasteiger partial charge is 0.311 e. The summed E-state index contributed by atoms with van der Waals surface area (Å²) in [5, 5.41) is 5.92. The van der Waals surface area contributed by atoms with E-state index < -0.39 is 11.8 Å². The van der Waals surface area contributed by atoms with Gasteiger partial charge in [0.2, 0.25) is 0 Å². The predicted octanol–water partition coefficient (Wildman–Crippen LogP) is 0.433. The minimum Gasteiger partial charge on any atom is -0.344 e. The number of nitrogens with zero attached hydrogens (tertiary/aromatic N) is 1. The van der Waals surface area contributed by atoms with Crippen LogP contribution in [-0.4, -0.2) is 42.9 Å². The Morgan fingerprint density at radius 2 is 2.05 bits per heavy atom. The molecule has 0 atom stereocenters. The Balaban J connectivity index is 1.88. The Morgan fingerprint density at radius 3 is 2.85 bits per heavy atom. The number of amides is 2. The summed E-state index contributed by atoms with van der Waals surface area (Å²) in [6.07, 6.45) is 0.886. The van der Waals surface area contributed by atoms with Gasteiger partial charge in [0.05, 0.1) is 0 Å². The maximum atomic E-state index is 12.0. The SMILES string of the molecule is Cc1ccccc1CNC(=O)C(=O)N1CCCNCC1. The van der Waals surface area contributed by atoms with E-state index >= 15 is 0 Å². The minimum absolute atomic E-state index is 0.392. The number of carbonyl (C=O) groups is 2. The van der Waals surface area contributed by atoms with Crippen molar-refractivity contribution in [2.75, 3.05) is 26.2 Å². The number of nitrogens with one attached hydrogen (secondary N) is 2. The molecule has 5 nitrogen and oxygen atoms in total. The number of carbonyl (C=O) groups excluding carboxylic acids is 2. The van der Waals surface area contributed by atoms with Crippen molar-refractivity contribution in [3.05, 3.63) is 35.4 Å². The summed E-state index contributed by atoms with van der Waals surface area (Å²) in [4.78, 5) is 25.6. The Bertz CT molecular complexity index is 480. The van der Waals surface area contributed by atoms with Crippen LogP contribution in [0.3, 0.4) is 0 Å². The van der Waals surface area contributed by atoms with Gasteiger partial charge in [-0.05, 0) is 31.0 Å². The van der Waals surface area contributed by atoms with Crippen LogP contribution in [0.1, 0.15) is 17.5 Å². The van der Waals surface area contributed by atoms with E-state index in [4.69, 9.17) is 0 Å². The molecule has 0 bridgehead atoms. The average Bonchev–Trinajstić information content (AvgIpc) is 2.74. The van der Waals surface area contributed by atoms with Gasteiger partial charge in [0, 0.05) is 26.2 Å². The predicted molar refractivity (Wildman–Crippen MR) is 77.1 cm³/mol. The molecule has 1 aliphatic heterocycles. The maximum Gasteiger partial charge on any atom is 0.311 e. The van der Waals surface area contributed by atoms with Gasteiger partial charge < -0.3 is 15.5 Å². The largest absolute Gasteiger partial charge is 0.344 e. The molecule has 1 aliphatic rings. The third kappa shape index (κ3) is 3.81. The third-order valence-electron chi connectivity index (χ3n) is 3.52. The summed E-state index contributed by atoms with van der Waals surface area (Å²) in [5.74, 6) is -0.947. The molecule has 0 spiro atoms. The highest BCUT2D eigenvalue weighted by atomic mass is 16.2. The molecule has 2 rings (SSSR count). The summed E-state index contributed by atoms with van der Waals surface area (Å²) in [7, 11) is 0. The van der Waals surface area contributed by atoms with Gasteiger partial charge in [-0.25, -0.2) is 0 Å². The van der Waals surface area contributed by atoms with E-state index in [0.717, 1.165) is 30.6 Å². The lowest BCUT2D eigenvalue weighted by atomic mass is 10.1. The highest BCUT2D eigenvalue weighted by Crippen LogP contribution is 2.06. The van der Waals surface area contributed by atoms with E-state index in [-0.39, 0.29) is 0 Å². The van der Waals surface area contributed by atoms with Gasteiger partial charge >= 0.3 is 11.8 Å². The van der Waals surface area contributed by atoms with E-state index in [9.17, 15) is 9.59 Å². The lowest BCUT2D eigenvalue weighted by Gasteiger charge is -2.19. The molecule has 5 heteroatoms. The molecule has 1 fully saturated rings. The van der Waals surface area contributed by atoms with Gasteiger partial charge in [0.15, 0.2) is 0 Å². The van der Waals surface area contributed by atoms with Crippen LogP contribution < -0.4 is 10.6 Å². The molecule has 1 aromatic carbocycles. The summed E-state index contributed by atoms with van der Waals surface area (Å²) in [6, 6.07) is 7.83. The van der Waals surface area contributed by atoms with E-state index in [0.29, 0.717) is 19.6 Å². The fraction of sp³-hybridized carbons (Fsp3) is 0.467. The first kappa shape index (κ1) is 14.5. The van der Waals surface area contributed by atoms with Gasteiger partial charge in [-0.3, -0.25) is 9.59 Å². The van der Waals surface area contributed by atoms with Crippen LogP contribution in [0.15, 0.2) is 24.3 Å². The van der Waals surface area contributed by atoms with Crippen LogP contribution in [0.4, 0.5) is 0 Å². The molecule has 1 aromatic rings. The maximum absolute atomic E-state index is 12.0. The lowest BCUT2D eigenvalue weighted by Crippen LogP contribution is -2.44. The van der Waals surface area contributed by atoms with E-state index in [1.807, 2.05) is 31.2 Å². The minimum atomic E-state index is -0.518. The van der Waals surface area contributed by atoms with Crippen molar-refractivity contribution in [1.82, 2.24) is 15.5 Å². The van der Waals surface area contributed by atoms with Crippen molar-refractivity contribution in [2.45, 2.75) is 19.9 Å². The monoisotopic (exact) mass is 275 g/mol. The Labute approximate surface area is 119 Å². The van der Waals surface area contributed by atoms with Gasteiger partial charge in [-0.2, -0.15) is 0 Å². The molecule has 108 valence electrons. The van der Waals surface area contributed by atoms with Gasteiger partial charge in [0.1, 0.15) is 0 Å². The van der Waals surface area contributed by atoms with Gasteiger partial charge in [-0.15, -0.1) is 0 Å². The number of aryl methyl sites for hydroxylation is 1. The molecule has 0 unspecified atom stereocenters. The van der Waals surface area contributed by atoms with Crippen LogP contribution in [-0.2, 0) is 16.1 Å². The second-order valence-electron chi connectivity index (χ2n) is 5.00. The molecule has 0 radical (unpaired) electrons. The highest BCUT2D eigenvalue weighted by molar-refractivity contribution is 6.34. The number of rotatable bonds is 2. The van der Waals surface area contributed by atoms with Crippen molar-refractivity contribution in [2.24, 2.45) is 0 Å². The fourth-order valence-corrected chi connectivity index (χ4v) is 2.25. The molecule has 0 aliphatic carbocycles. The molecule has 0 aromatic heterocycles. The van der Waals surface area contributed by atoms with Crippen molar-refractivity contribution < 1.29 is 9.59 Å². The van der Waals surface area contributed by atoms with E-state index in [2.05, 4.69) is 10.6 Å². The normalized spacial score (nSPS) is 15.6. The third-order valence-corrected chi connectivity index (χ3v) is 3.52. The molecule has 1 heterocycles. The van der Waals surface area contributed by atoms with Gasteiger partial charge in [-0.1, -0.05) is 24.3 Å². The molecule has 2 N–H and O–H groups in total. The molecule has 0 saturated carbocycles. The van der Waals surface area contributed by atoms with Crippen LogP contribution in [0, 0.1) is 6.92 Å². The average molecular weight is 275 g/mol. The Kier molecular flexibility index (Phi) is 5.12. The first-order chi connectivity index (χ1) is 9.68. The first-order valence-electron chi connectivity index (χ1n) is 7.01. The number of benzene rings is 1. The topological polar surface area (TPSA) is 61.4 Å². The summed E-state index contributed by atoms with van der Waals surface area (Å²) >= 11 is 0. The second-order valence-corrected chi connectivity index (χ2v) is 5.00. The molecule has 1 saturated heterocycles. The zero-order valence-electron chi connectivity index (χ0n) is 11.8. The standard InChI is InChI=1S/C15H21N3O2/c1-12-5-2-3-6-13(12)11-17-14(19)15(20)18-9-4-7-16-8-10-18/h2-3,5-6,16H,4,7-11H2,1H3,(H,17,19). The fourth-order valence-electron chi connectivity index (χ4n) is 2.25. The van der Waals surface area contributed by atoms with E-state index in [1.165, 1.54) is 0 Å². The van der Waals surface area contributed by atoms with E-state index in [1.54, 1.807) is 4.90 Å².